The molecule has 0 saturated carbocycles. The van der Waals surface area contributed by atoms with E-state index < -0.39 is 0 Å². The molecule has 2 aromatic rings. The van der Waals surface area contributed by atoms with E-state index in [1.54, 1.807) is 48.5 Å². The fourth-order valence-electron chi connectivity index (χ4n) is 1.88. The second kappa shape index (κ2) is 10.6. The largest absolute Gasteiger partial charge is 0.427 e. The van der Waals surface area contributed by atoms with Crippen molar-refractivity contribution >= 4 is 11.9 Å². The van der Waals surface area contributed by atoms with E-state index in [-0.39, 0.29) is 11.9 Å². The lowest BCUT2D eigenvalue weighted by molar-refractivity contribution is -0.132. The molecule has 0 spiro atoms. The number of hydrogen-bond donors (Lipinski definition) is 0. The van der Waals surface area contributed by atoms with Gasteiger partial charge in [0.15, 0.2) is 0 Å². The second-order valence-electron chi connectivity index (χ2n) is 5.24. The number of rotatable bonds is 2. The topological polar surface area (TPSA) is 52.6 Å². The molecule has 0 unspecified atom stereocenters. The lowest BCUT2D eigenvalue weighted by Crippen LogP contribution is -2.00. The molecule has 2 rings (SSSR count). The van der Waals surface area contributed by atoms with Crippen LogP contribution in [0.3, 0.4) is 0 Å². The lowest BCUT2D eigenvalue weighted by Gasteiger charge is -1.99. The second-order valence-corrected chi connectivity index (χ2v) is 5.24. The maximum absolute atomic E-state index is 10.8. The summed E-state index contributed by atoms with van der Waals surface area (Å²) in [6, 6.07) is 13.6. The van der Waals surface area contributed by atoms with Gasteiger partial charge < -0.3 is 9.47 Å². The molecule has 4 heteroatoms. The Morgan fingerprint density at radius 3 is 1.21 bits per heavy atom. The first-order valence-corrected chi connectivity index (χ1v) is 8.12. The first kappa shape index (κ1) is 19.9. The van der Waals surface area contributed by atoms with Gasteiger partial charge in [-0.1, -0.05) is 11.8 Å². The lowest BCUT2D eigenvalue weighted by atomic mass is 10.2. The Labute approximate surface area is 163 Å². The van der Waals surface area contributed by atoms with E-state index in [0.717, 1.165) is 11.1 Å². The number of benzene rings is 2. The molecule has 0 atom stereocenters. The van der Waals surface area contributed by atoms with Crippen LogP contribution >= 0.6 is 0 Å². The van der Waals surface area contributed by atoms with Crippen LogP contribution in [0.2, 0.25) is 0 Å². The molecule has 0 aromatic heterocycles. The molecule has 0 amide bonds. The van der Waals surface area contributed by atoms with Crippen molar-refractivity contribution in [3.05, 3.63) is 59.7 Å². The maximum Gasteiger partial charge on any atom is 0.308 e. The molecule has 0 radical (unpaired) electrons. The molecule has 0 aliphatic carbocycles. The predicted octanol–water partition coefficient (Wildman–Crippen LogP) is 2.95. The summed E-state index contributed by atoms with van der Waals surface area (Å²) in [7, 11) is 0. The smallest absolute Gasteiger partial charge is 0.308 e. The number of esters is 2. The third kappa shape index (κ3) is 7.67. The molecule has 0 saturated heterocycles. The van der Waals surface area contributed by atoms with Crippen molar-refractivity contribution in [1.29, 1.82) is 0 Å². The molecular formula is C24H14O4. The van der Waals surface area contributed by atoms with Gasteiger partial charge in [-0.05, 0) is 84.1 Å². The Morgan fingerprint density at radius 2 is 0.893 bits per heavy atom. The van der Waals surface area contributed by atoms with Gasteiger partial charge in [-0.25, -0.2) is 0 Å². The minimum absolute atomic E-state index is 0.370. The van der Waals surface area contributed by atoms with Crippen LogP contribution in [-0.4, -0.2) is 11.9 Å². The molecule has 134 valence electrons. The van der Waals surface area contributed by atoms with Crippen LogP contribution in [0.1, 0.15) is 25.0 Å². The molecule has 0 N–H and O–H groups in total. The predicted molar refractivity (Wildman–Crippen MR) is 105 cm³/mol. The van der Waals surface area contributed by atoms with Gasteiger partial charge in [0.1, 0.15) is 11.5 Å². The van der Waals surface area contributed by atoms with Crippen molar-refractivity contribution in [2.75, 3.05) is 0 Å². The summed E-state index contributed by atoms with van der Waals surface area (Å²) in [6.07, 6.45) is 0. The highest BCUT2D eigenvalue weighted by atomic mass is 16.5. The summed E-state index contributed by atoms with van der Waals surface area (Å²) in [5, 5.41) is 0. The van der Waals surface area contributed by atoms with E-state index in [1.807, 2.05) is 0 Å². The van der Waals surface area contributed by atoms with E-state index in [2.05, 4.69) is 47.4 Å². The molecule has 0 bridgehead atoms. The zero-order chi connectivity index (χ0) is 20.2. The van der Waals surface area contributed by atoms with Crippen molar-refractivity contribution in [3.63, 3.8) is 0 Å². The Kier molecular flexibility index (Phi) is 7.53. The fraction of sp³-hybridized carbons (Fsp3) is 0.0833. The normalized spacial score (nSPS) is 8.21. The summed E-state index contributed by atoms with van der Waals surface area (Å²) < 4.78 is 9.87. The minimum atomic E-state index is -0.370. The van der Waals surface area contributed by atoms with Crippen molar-refractivity contribution < 1.29 is 19.1 Å². The number of hydrogen-bond acceptors (Lipinski definition) is 4. The first-order valence-electron chi connectivity index (χ1n) is 8.12. The van der Waals surface area contributed by atoms with E-state index >= 15 is 0 Å². The van der Waals surface area contributed by atoms with Crippen molar-refractivity contribution in [3.8, 4) is 58.9 Å². The highest BCUT2D eigenvalue weighted by Crippen LogP contribution is 2.12. The number of ether oxygens (including phenoxy) is 2. The van der Waals surface area contributed by atoms with E-state index in [0.29, 0.717) is 11.5 Å². The Bertz CT molecular complexity index is 1020. The molecule has 0 aliphatic rings. The minimum Gasteiger partial charge on any atom is -0.427 e. The molecule has 0 aliphatic heterocycles. The Hall–Kier alpha value is -4.38. The zero-order valence-electron chi connectivity index (χ0n) is 15.3. The zero-order valence-corrected chi connectivity index (χ0v) is 15.3. The quantitative estimate of drug-likeness (QED) is 0.466. The summed E-state index contributed by atoms with van der Waals surface area (Å²) in [5.74, 6) is 21.7. The van der Waals surface area contributed by atoms with Crippen LogP contribution in [0.5, 0.6) is 11.5 Å². The van der Waals surface area contributed by atoms with Crippen molar-refractivity contribution in [1.82, 2.24) is 0 Å². The van der Waals surface area contributed by atoms with E-state index in [9.17, 15) is 9.59 Å². The number of carbonyl (C=O) groups excluding carboxylic acids is 2. The molecule has 4 nitrogen and oxygen atoms in total. The fourth-order valence-corrected chi connectivity index (χ4v) is 1.88. The average Bonchev–Trinajstić information content (AvgIpc) is 2.65. The number of carbonyl (C=O) groups is 2. The van der Waals surface area contributed by atoms with Crippen molar-refractivity contribution in [2.45, 2.75) is 13.8 Å². The summed E-state index contributed by atoms with van der Waals surface area (Å²) in [6.45, 7) is 2.69. The van der Waals surface area contributed by atoms with Crippen LogP contribution in [0.4, 0.5) is 0 Å². The van der Waals surface area contributed by atoms with Gasteiger partial charge in [-0.3, -0.25) is 9.59 Å². The summed E-state index contributed by atoms with van der Waals surface area (Å²) in [4.78, 5) is 21.7. The standard InChI is InChI=1S/C24H14O4/c1-19(25)27-23-15-11-21(12-16-23)9-7-5-3-4-6-8-10-22-13-17-24(18-14-22)28-20(2)26/h11-18H,1-2H3. The molecular weight excluding hydrogens is 352 g/mol. The van der Waals surface area contributed by atoms with Crippen LogP contribution in [0.15, 0.2) is 48.5 Å². The highest BCUT2D eigenvalue weighted by Gasteiger charge is 1.97. The molecule has 0 heterocycles. The Morgan fingerprint density at radius 1 is 0.571 bits per heavy atom. The van der Waals surface area contributed by atoms with E-state index in [4.69, 9.17) is 9.47 Å². The Balaban J connectivity index is 1.89. The summed E-state index contributed by atoms with van der Waals surface area (Å²) >= 11 is 0. The first-order chi connectivity index (χ1) is 13.5. The monoisotopic (exact) mass is 366 g/mol. The third-order valence-electron chi connectivity index (χ3n) is 2.96. The van der Waals surface area contributed by atoms with Crippen LogP contribution in [0.25, 0.3) is 0 Å². The van der Waals surface area contributed by atoms with Gasteiger partial charge >= 0.3 is 11.9 Å². The van der Waals surface area contributed by atoms with Gasteiger partial charge in [0.25, 0.3) is 0 Å². The molecule has 2 aromatic carbocycles. The average molecular weight is 366 g/mol. The summed E-state index contributed by atoms with van der Waals surface area (Å²) in [5.41, 5.74) is 1.49. The maximum atomic E-state index is 10.8. The van der Waals surface area contributed by atoms with Crippen LogP contribution in [0, 0.1) is 47.4 Å². The highest BCUT2D eigenvalue weighted by molar-refractivity contribution is 5.69. The SMILES string of the molecule is CC(=O)Oc1ccc(C#CC#CC#CC#Cc2ccc(OC(C)=O)cc2)cc1. The third-order valence-corrected chi connectivity index (χ3v) is 2.96. The van der Waals surface area contributed by atoms with Gasteiger partial charge in [0.2, 0.25) is 0 Å². The van der Waals surface area contributed by atoms with Gasteiger partial charge in [0, 0.05) is 25.0 Å². The van der Waals surface area contributed by atoms with Gasteiger partial charge in [-0.2, -0.15) is 0 Å². The molecule has 28 heavy (non-hydrogen) atoms. The van der Waals surface area contributed by atoms with Crippen molar-refractivity contribution in [2.24, 2.45) is 0 Å². The van der Waals surface area contributed by atoms with E-state index in [1.165, 1.54) is 13.8 Å². The van der Waals surface area contributed by atoms with Crippen LogP contribution in [-0.2, 0) is 9.59 Å². The van der Waals surface area contributed by atoms with Gasteiger partial charge in [-0.15, -0.1) is 0 Å². The molecule has 0 fully saturated rings. The van der Waals surface area contributed by atoms with Crippen LogP contribution < -0.4 is 9.47 Å². The van der Waals surface area contributed by atoms with Gasteiger partial charge in [0.05, 0.1) is 0 Å².